The molecule has 2 unspecified atom stereocenters. The summed E-state index contributed by atoms with van der Waals surface area (Å²) in [6.07, 6.45) is 3.24. The van der Waals surface area contributed by atoms with Crippen molar-refractivity contribution in [1.29, 1.82) is 0 Å². The van der Waals surface area contributed by atoms with E-state index in [1.807, 2.05) is 0 Å². The number of hydrogen-bond donors (Lipinski definition) is 1. The molecule has 1 fully saturated rings. The van der Waals surface area contributed by atoms with Crippen LogP contribution in [0.1, 0.15) is 36.5 Å². The summed E-state index contributed by atoms with van der Waals surface area (Å²) in [7, 11) is 2.14. The molecule has 1 amide bonds. The third-order valence-corrected chi connectivity index (χ3v) is 4.18. The molecule has 0 aromatic heterocycles. The van der Waals surface area contributed by atoms with Crippen molar-refractivity contribution in [1.82, 2.24) is 10.2 Å². The van der Waals surface area contributed by atoms with Gasteiger partial charge in [0.2, 0.25) is 0 Å². The van der Waals surface area contributed by atoms with Crippen LogP contribution in [0.3, 0.4) is 0 Å². The molecule has 1 N–H and O–H groups in total. The van der Waals surface area contributed by atoms with Crippen LogP contribution in [0.2, 0.25) is 5.02 Å². The van der Waals surface area contributed by atoms with E-state index < -0.39 is 0 Å². The van der Waals surface area contributed by atoms with Gasteiger partial charge in [-0.05, 0) is 57.1 Å². The zero-order valence-electron chi connectivity index (χ0n) is 11.5. The van der Waals surface area contributed by atoms with Crippen molar-refractivity contribution in [2.75, 3.05) is 13.6 Å². The quantitative estimate of drug-likeness (QED) is 0.899. The number of carbonyl (C=O) groups is 1. The zero-order chi connectivity index (χ0) is 13.8. The van der Waals surface area contributed by atoms with Crippen molar-refractivity contribution < 1.29 is 4.79 Å². The molecular weight excluding hydrogens is 260 g/mol. The standard InChI is InChI=1S/C15H21ClN2O/c1-3-13(10-14-8-9-18(14)2)17-15(19)11-4-6-12(16)7-5-11/h4-7,13-14H,3,8-10H2,1-2H3,(H,17,19). The summed E-state index contributed by atoms with van der Waals surface area (Å²) in [6.45, 7) is 3.29. The predicted octanol–water partition coefficient (Wildman–Crippen LogP) is 2.94. The minimum absolute atomic E-state index is 0.00880. The molecule has 1 saturated heterocycles. The molecule has 4 heteroatoms. The molecule has 19 heavy (non-hydrogen) atoms. The van der Waals surface area contributed by atoms with Gasteiger partial charge in [0.05, 0.1) is 0 Å². The first-order chi connectivity index (χ1) is 9.10. The second-order valence-electron chi connectivity index (χ2n) is 5.24. The SMILES string of the molecule is CCC(CC1CCN1C)NC(=O)c1ccc(Cl)cc1. The molecule has 1 heterocycles. The van der Waals surface area contributed by atoms with Crippen LogP contribution < -0.4 is 5.32 Å². The van der Waals surface area contributed by atoms with E-state index in [4.69, 9.17) is 11.6 Å². The number of nitrogens with one attached hydrogen (secondary N) is 1. The van der Waals surface area contributed by atoms with Gasteiger partial charge in [-0.25, -0.2) is 0 Å². The van der Waals surface area contributed by atoms with Crippen molar-refractivity contribution in [3.8, 4) is 0 Å². The molecule has 1 aliphatic rings. The fourth-order valence-corrected chi connectivity index (χ4v) is 2.52. The van der Waals surface area contributed by atoms with Crippen LogP contribution in [0.4, 0.5) is 0 Å². The minimum atomic E-state index is -0.00880. The predicted molar refractivity (Wildman–Crippen MR) is 78.6 cm³/mol. The lowest BCUT2D eigenvalue weighted by Crippen LogP contribution is -2.49. The highest BCUT2D eigenvalue weighted by Gasteiger charge is 2.27. The molecule has 1 aliphatic heterocycles. The summed E-state index contributed by atoms with van der Waals surface area (Å²) in [4.78, 5) is 14.5. The number of rotatable bonds is 5. The van der Waals surface area contributed by atoms with Gasteiger partial charge in [0.25, 0.3) is 5.91 Å². The van der Waals surface area contributed by atoms with E-state index >= 15 is 0 Å². The largest absolute Gasteiger partial charge is 0.349 e. The first-order valence-electron chi connectivity index (χ1n) is 6.86. The highest BCUT2D eigenvalue weighted by molar-refractivity contribution is 6.30. The number of amides is 1. The van der Waals surface area contributed by atoms with Crippen LogP contribution in [0, 0.1) is 0 Å². The van der Waals surface area contributed by atoms with E-state index in [0.29, 0.717) is 16.6 Å². The number of hydrogen-bond acceptors (Lipinski definition) is 2. The van der Waals surface area contributed by atoms with E-state index in [0.717, 1.165) is 12.8 Å². The van der Waals surface area contributed by atoms with Gasteiger partial charge >= 0.3 is 0 Å². The topological polar surface area (TPSA) is 32.3 Å². The summed E-state index contributed by atoms with van der Waals surface area (Å²) in [5, 5.41) is 3.77. The van der Waals surface area contributed by atoms with Gasteiger partial charge in [0.15, 0.2) is 0 Å². The molecule has 0 spiro atoms. The van der Waals surface area contributed by atoms with Crippen molar-refractivity contribution in [3.05, 3.63) is 34.9 Å². The van der Waals surface area contributed by atoms with E-state index in [1.165, 1.54) is 13.0 Å². The molecule has 0 radical (unpaired) electrons. The molecule has 1 aromatic carbocycles. The van der Waals surface area contributed by atoms with Crippen LogP contribution >= 0.6 is 11.6 Å². The third kappa shape index (κ3) is 3.71. The molecule has 3 nitrogen and oxygen atoms in total. The second-order valence-corrected chi connectivity index (χ2v) is 5.68. The molecular formula is C15H21ClN2O. The van der Waals surface area contributed by atoms with Crippen LogP contribution in [0.25, 0.3) is 0 Å². The van der Waals surface area contributed by atoms with Gasteiger partial charge in [-0.2, -0.15) is 0 Å². The monoisotopic (exact) mass is 280 g/mol. The fourth-order valence-electron chi connectivity index (χ4n) is 2.39. The summed E-state index contributed by atoms with van der Waals surface area (Å²) in [5.41, 5.74) is 0.671. The van der Waals surface area contributed by atoms with Crippen molar-refractivity contribution in [3.63, 3.8) is 0 Å². The fraction of sp³-hybridized carbons (Fsp3) is 0.533. The summed E-state index contributed by atoms with van der Waals surface area (Å²) < 4.78 is 0. The van der Waals surface area contributed by atoms with Crippen LogP contribution in [-0.2, 0) is 0 Å². The Morgan fingerprint density at radius 2 is 2.16 bits per heavy atom. The summed E-state index contributed by atoms with van der Waals surface area (Å²) in [5.74, 6) is -0.00880. The second kappa shape index (κ2) is 6.40. The Morgan fingerprint density at radius 1 is 1.47 bits per heavy atom. The highest BCUT2D eigenvalue weighted by Crippen LogP contribution is 2.20. The maximum Gasteiger partial charge on any atom is 0.251 e. The summed E-state index contributed by atoms with van der Waals surface area (Å²) >= 11 is 5.82. The Kier molecular flexibility index (Phi) is 4.83. The Balaban J connectivity index is 1.90. The number of carbonyl (C=O) groups excluding carboxylic acids is 1. The minimum Gasteiger partial charge on any atom is -0.349 e. The lowest BCUT2D eigenvalue weighted by Gasteiger charge is -2.39. The van der Waals surface area contributed by atoms with Gasteiger partial charge in [0.1, 0.15) is 0 Å². The average Bonchev–Trinajstić information content (AvgIpc) is 2.42. The summed E-state index contributed by atoms with van der Waals surface area (Å²) in [6, 6.07) is 7.89. The van der Waals surface area contributed by atoms with Gasteiger partial charge in [0, 0.05) is 22.7 Å². The smallest absolute Gasteiger partial charge is 0.251 e. The number of likely N-dealkylation sites (tertiary alicyclic amines) is 1. The van der Waals surface area contributed by atoms with E-state index in [1.54, 1.807) is 24.3 Å². The average molecular weight is 281 g/mol. The van der Waals surface area contributed by atoms with Gasteiger partial charge in [-0.1, -0.05) is 18.5 Å². The first-order valence-corrected chi connectivity index (χ1v) is 7.24. The van der Waals surface area contributed by atoms with E-state index in [9.17, 15) is 4.79 Å². The zero-order valence-corrected chi connectivity index (χ0v) is 12.3. The van der Waals surface area contributed by atoms with E-state index in [2.05, 4.69) is 24.2 Å². The van der Waals surface area contributed by atoms with Crippen LogP contribution in [0.15, 0.2) is 24.3 Å². The number of halogens is 1. The van der Waals surface area contributed by atoms with E-state index in [-0.39, 0.29) is 11.9 Å². The first kappa shape index (κ1) is 14.4. The molecule has 104 valence electrons. The Hall–Kier alpha value is -1.06. The van der Waals surface area contributed by atoms with Gasteiger partial charge in [-0.3, -0.25) is 4.79 Å². The number of benzene rings is 1. The number of nitrogens with zero attached hydrogens (tertiary/aromatic N) is 1. The molecule has 0 bridgehead atoms. The van der Waals surface area contributed by atoms with Crippen molar-refractivity contribution in [2.24, 2.45) is 0 Å². The lowest BCUT2D eigenvalue weighted by molar-refractivity contribution is 0.0866. The molecule has 0 aliphatic carbocycles. The van der Waals surface area contributed by atoms with Gasteiger partial charge < -0.3 is 10.2 Å². The molecule has 0 saturated carbocycles. The maximum absolute atomic E-state index is 12.1. The lowest BCUT2D eigenvalue weighted by atomic mass is 9.95. The highest BCUT2D eigenvalue weighted by atomic mass is 35.5. The van der Waals surface area contributed by atoms with Crippen LogP contribution in [-0.4, -0.2) is 36.5 Å². The van der Waals surface area contributed by atoms with Crippen molar-refractivity contribution in [2.45, 2.75) is 38.3 Å². The Labute approximate surface area is 119 Å². The normalized spacial score (nSPS) is 20.7. The Bertz CT molecular complexity index is 432. The Morgan fingerprint density at radius 3 is 2.63 bits per heavy atom. The molecule has 2 rings (SSSR count). The molecule has 1 aromatic rings. The molecule has 2 atom stereocenters. The van der Waals surface area contributed by atoms with Crippen LogP contribution in [0.5, 0.6) is 0 Å². The van der Waals surface area contributed by atoms with Crippen molar-refractivity contribution >= 4 is 17.5 Å². The van der Waals surface area contributed by atoms with Gasteiger partial charge in [-0.15, -0.1) is 0 Å². The third-order valence-electron chi connectivity index (χ3n) is 3.93. The maximum atomic E-state index is 12.1.